The molecule has 27 heavy (non-hydrogen) atoms. The largest absolute Gasteiger partial charge is 0.487 e. The average Bonchev–Trinajstić information content (AvgIpc) is 3.41. The second kappa shape index (κ2) is 6.98. The number of ether oxygens (including phenoxy) is 1. The van der Waals surface area contributed by atoms with E-state index in [9.17, 15) is 13.2 Å². The summed E-state index contributed by atoms with van der Waals surface area (Å²) in [7, 11) is -3.47. The van der Waals surface area contributed by atoms with Crippen molar-refractivity contribution in [1.82, 2.24) is 8.87 Å². The van der Waals surface area contributed by atoms with Gasteiger partial charge < -0.3 is 9.30 Å². The van der Waals surface area contributed by atoms with Gasteiger partial charge in [-0.05, 0) is 37.5 Å². The van der Waals surface area contributed by atoms with E-state index >= 15 is 0 Å². The van der Waals surface area contributed by atoms with Crippen LogP contribution in [0.15, 0.2) is 52.7 Å². The highest BCUT2D eigenvalue weighted by Crippen LogP contribution is 2.35. The van der Waals surface area contributed by atoms with E-state index < -0.39 is 10.0 Å². The van der Waals surface area contributed by atoms with Crippen molar-refractivity contribution in [1.29, 1.82) is 0 Å². The molecule has 2 fully saturated rings. The van der Waals surface area contributed by atoms with Gasteiger partial charge in [-0.25, -0.2) is 8.42 Å². The quantitative estimate of drug-likeness (QED) is 0.765. The van der Waals surface area contributed by atoms with Crippen molar-refractivity contribution < 1.29 is 13.2 Å². The van der Waals surface area contributed by atoms with Gasteiger partial charge in [0.1, 0.15) is 11.9 Å². The SMILES string of the molecule is Cc1cc(OC2CN(S(=O)(=O)/C=C/c3ccccc3)C2)cc(=O)n1C1CC1. The summed E-state index contributed by atoms with van der Waals surface area (Å²) in [6.07, 6.45) is 3.45. The van der Waals surface area contributed by atoms with E-state index in [2.05, 4.69) is 0 Å². The maximum absolute atomic E-state index is 12.3. The van der Waals surface area contributed by atoms with Crippen LogP contribution < -0.4 is 10.3 Å². The standard InChI is InChI=1S/C20H22N2O4S/c1-15-11-18(12-20(23)22(15)17-7-8-17)26-19-13-21(14-19)27(24,25)10-9-16-5-3-2-4-6-16/h2-6,9-12,17,19H,7-8,13-14H2,1H3/b10-9+. The third-order valence-electron chi connectivity index (χ3n) is 4.86. The van der Waals surface area contributed by atoms with Gasteiger partial charge in [-0.1, -0.05) is 30.3 Å². The summed E-state index contributed by atoms with van der Waals surface area (Å²) in [4.78, 5) is 12.2. The molecule has 2 heterocycles. The number of benzene rings is 1. The molecule has 1 aliphatic heterocycles. The Bertz CT molecular complexity index is 1020. The summed E-state index contributed by atoms with van der Waals surface area (Å²) in [5.74, 6) is 0.510. The van der Waals surface area contributed by atoms with Crippen LogP contribution in [0.2, 0.25) is 0 Å². The number of sulfonamides is 1. The number of hydrogen-bond acceptors (Lipinski definition) is 4. The third-order valence-corrected chi connectivity index (χ3v) is 6.35. The van der Waals surface area contributed by atoms with Gasteiger partial charge in [0.2, 0.25) is 10.0 Å². The minimum atomic E-state index is -3.47. The molecule has 142 valence electrons. The van der Waals surface area contributed by atoms with Gasteiger partial charge in [-0.15, -0.1) is 0 Å². The minimum Gasteiger partial charge on any atom is -0.487 e. The molecule has 0 radical (unpaired) electrons. The summed E-state index contributed by atoms with van der Waals surface area (Å²) >= 11 is 0. The van der Waals surface area contributed by atoms with Crippen LogP contribution in [0.1, 0.15) is 30.1 Å². The Morgan fingerprint density at radius 3 is 2.44 bits per heavy atom. The first kappa shape index (κ1) is 18.0. The first-order valence-electron chi connectivity index (χ1n) is 9.05. The fourth-order valence-corrected chi connectivity index (χ4v) is 4.49. The lowest BCUT2D eigenvalue weighted by Crippen LogP contribution is -2.55. The highest BCUT2D eigenvalue weighted by Gasteiger charge is 2.36. The number of rotatable bonds is 6. The lowest BCUT2D eigenvalue weighted by Gasteiger charge is -2.37. The molecular weight excluding hydrogens is 364 g/mol. The predicted octanol–water partition coefficient (Wildman–Crippen LogP) is 2.56. The van der Waals surface area contributed by atoms with Gasteiger partial charge in [0.25, 0.3) is 5.56 Å². The Labute approximate surface area is 158 Å². The average molecular weight is 386 g/mol. The van der Waals surface area contributed by atoms with Crippen molar-refractivity contribution in [2.75, 3.05) is 13.1 Å². The Balaban J connectivity index is 1.37. The summed E-state index contributed by atoms with van der Waals surface area (Å²) in [6, 6.07) is 13.0. The Hall–Kier alpha value is -2.38. The molecule has 6 nitrogen and oxygen atoms in total. The molecule has 0 bridgehead atoms. The lowest BCUT2D eigenvalue weighted by atomic mass is 10.2. The second-order valence-electron chi connectivity index (χ2n) is 7.09. The number of pyridine rings is 1. The monoisotopic (exact) mass is 386 g/mol. The van der Waals surface area contributed by atoms with Crippen molar-refractivity contribution in [2.45, 2.75) is 31.9 Å². The number of aromatic nitrogens is 1. The molecule has 1 aromatic carbocycles. The van der Waals surface area contributed by atoms with Gasteiger partial charge >= 0.3 is 0 Å². The van der Waals surface area contributed by atoms with Crippen molar-refractivity contribution in [2.24, 2.45) is 0 Å². The Morgan fingerprint density at radius 1 is 1.11 bits per heavy atom. The highest BCUT2D eigenvalue weighted by atomic mass is 32.2. The molecular formula is C20H22N2O4S. The molecule has 2 aromatic rings. The van der Waals surface area contributed by atoms with E-state index in [1.165, 1.54) is 15.8 Å². The molecule has 1 saturated heterocycles. The molecule has 0 N–H and O–H groups in total. The number of aryl methyl sites for hydroxylation is 1. The summed E-state index contributed by atoms with van der Waals surface area (Å²) in [5, 5.41) is 1.22. The smallest absolute Gasteiger partial charge is 0.254 e. The van der Waals surface area contributed by atoms with Crippen LogP contribution in [0.3, 0.4) is 0 Å². The molecule has 7 heteroatoms. The van der Waals surface area contributed by atoms with E-state index in [-0.39, 0.29) is 24.8 Å². The van der Waals surface area contributed by atoms with Crippen LogP contribution in [0, 0.1) is 6.92 Å². The van der Waals surface area contributed by atoms with Crippen molar-refractivity contribution in [3.05, 3.63) is 69.5 Å². The fourth-order valence-electron chi connectivity index (χ4n) is 3.24. The minimum absolute atomic E-state index is 0.0536. The molecule has 0 unspecified atom stereocenters. The van der Waals surface area contributed by atoms with E-state index in [0.717, 1.165) is 24.1 Å². The Kier molecular flexibility index (Phi) is 4.65. The van der Waals surface area contributed by atoms with E-state index in [1.54, 1.807) is 10.6 Å². The molecule has 0 spiro atoms. The molecule has 1 saturated carbocycles. The van der Waals surface area contributed by atoms with E-state index in [4.69, 9.17) is 4.74 Å². The first-order chi connectivity index (χ1) is 12.9. The summed E-state index contributed by atoms with van der Waals surface area (Å²) in [5.41, 5.74) is 1.66. The molecule has 0 atom stereocenters. The molecule has 2 aliphatic rings. The highest BCUT2D eigenvalue weighted by molar-refractivity contribution is 7.92. The number of nitrogens with zero attached hydrogens (tertiary/aromatic N) is 2. The summed E-state index contributed by atoms with van der Waals surface area (Å²) in [6.45, 7) is 2.47. The first-order valence-corrected chi connectivity index (χ1v) is 10.6. The zero-order valence-corrected chi connectivity index (χ0v) is 15.9. The van der Waals surface area contributed by atoms with Crippen LogP contribution in [-0.2, 0) is 10.0 Å². The van der Waals surface area contributed by atoms with Crippen LogP contribution in [0.4, 0.5) is 0 Å². The third kappa shape index (κ3) is 3.99. The zero-order chi connectivity index (χ0) is 19.0. The van der Waals surface area contributed by atoms with E-state index in [0.29, 0.717) is 11.8 Å². The lowest BCUT2D eigenvalue weighted by molar-refractivity contribution is 0.0768. The van der Waals surface area contributed by atoms with Gasteiger partial charge in [0.15, 0.2) is 0 Å². The second-order valence-corrected chi connectivity index (χ2v) is 8.91. The Morgan fingerprint density at radius 2 is 1.81 bits per heavy atom. The van der Waals surface area contributed by atoms with Crippen molar-refractivity contribution >= 4 is 16.1 Å². The fraction of sp³-hybridized carbons (Fsp3) is 0.350. The zero-order valence-electron chi connectivity index (χ0n) is 15.1. The maximum atomic E-state index is 12.3. The van der Waals surface area contributed by atoms with Crippen LogP contribution in [-0.4, -0.2) is 36.5 Å². The molecule has 0 amide bonds. The molecule has 1 aromatic heterocycles. The predicted molar refractivity (Wildman–Crippen MR) is 104 cm³/mol. The van der Waals surface area contributed by atoms with Gasteiger partial charge in [0.05, 0.1) is 13.1 Å². The van der Waals surface area contributed by atoms with Crippen molar-refractivity contribution in [3.8, 4) is 5.75 Å². The maximum Gasteiger partial charge on any atom is 0.254 e. The molecule has 4 rings (SSSR count). The normalized spacial score (nSPS) is 18.6. The van der Waals surface area contributed by atoms with Crippen LogP contribution in [0.25, 0.3) is 6.08 Å². The summed E-state index contributed by atoms with van der Waals surface area (Å²) < 4.78 is 33.7. The van der Waals surface area contributed by atoms with Crippen molar-refractivity contribution in [3.63, 3.8) is 0 Å². The topological polar surface area (TPSA) is 68.6 Å². The van der Waals surface area contributed by atoms with Gasteiger partial charge in [-0.3, -0.25) is 4.79 Å². The van der Waals surface area contributed by atoms with Gasteiger partial charge in [-0.2, -0.15) is 4.31 Å². The molecule has 1 aliphatic carbocycles. The van der Waals surface area contributed by atoms with Gasteiger partial charge in [0, 0.05) is 23.2 Å². The van der Waals surface area contributed by atoms with E-state index in [1.807, 2.05) is 43.3 Å². The van der Waals surface area contributed by atoms with Crippen LogP contribution in [0.5, 0.6) is 5.75 Å². The number of hydrogen-bond donors (Lipinski definition) is 0. The van der Waals surface area contributed by atoms with Crippen LogP contribution >= 0.6 is 0 Å².